The first-order valence-electron chi connectivity index (χ1n) is 10.0. The monoisotopic (exact) mass is 386 g/mol. The second kappa shape index (κ2) is 9.26. The minimum Gasteiger partial charge on any atom is -0.385 e. The molecule has 4 rings (SSSR count). The Kier molecular flexibility index (Phi) is 6.07. The fourth-order valence-electron chi connectivity index (χ4n) is 3.36. The molecule has 3 N–H and O–H groups in total. The van der Waals surface area contributed by atoms with Gasteiger partial charge in [0.05, 0.1) is 12.3 Å². The number of hydrogen-bond acceptors (Lipinski definition) is 4. The van der Waals surface area contributed by atoms with Crippen LogP contribution < -0.4 is 10.6 Å². The third kappa shape index (κ3) is 4.95. The highest BCUT2D eigenvalue weighted by Crippen LogP contribution is 2.21. The van der Waals surface area contributed by atoms with Crippen LogP contribution in [-0.4, -0.2) is 23.1 Å². The van der Waals surface area contributed by atoms with Crippen molar-refractivity contribution in [2.24, 2.45) is 0 Å². The number of pyridine rings is 1. The van der Waals surface area contributed by atoms with Crippen LogP contribution in [0, 0.1) is 0 Å². The highest BCUT2D eigenvalue weighted by Gasteiger charge is 2.03. The summed E-state index contributed by atoms with van der Waals surface area (Å²) < 4.78 is 5.43. The number of para-hydroxylation sites is 1. The quantitative estimate of drug-likeness (QED) is 0.356. The van der Waals surface area contributed by atoms with Crippen LogP contribution in [0.4, 0.5) is 17.1 Å². The van der Waals surface area contributed by atoms with Crippen molar-refractivity contribution in [1.82, 2.24) is 9.97 Å². The maximum atomic E-state index is 5.43. The van der Waals surface area contributed by atoms with E-state index in [0.717, 1.165) is 35.7 Å². The molecule has 2 aromatic carbocycles. The van der Waals surface area contributed by atoms with Crippen LogP contribution in [0.15, 0.2) is 73.1 Å². The van der Waals surface area contributed by atoms with Gasteiger partial charge in [0.1, 0.15) is 0 Å². The molecule has 0 aliphatic rings. The van der Waals surface area contributed by atoms with Gasteiger partial charge in [-0.3, -0.25) is 4.98 Å². The number of aromatic amines is 1. The number of H-pyrrole nitrogens is 1. The first-order chi connectivity index (χ1) is 14.3. The molecular formula is C24H26N4O. The van der Waals surface area contributed by atoms with E-state index in [9.17, 15) is 0 Å². The first-order valence-corrected chi connectivity index (χ1v) is 10.0. The van der Waals surface area contributed by atoms with Gasteiger partial charge in [-0.25, -0.2) is 0 Å². The van der Waals surface area contributed by atoms with Crippen molar-refractivity contribution in [3.8, 4) is 0 Å². The smallest absolute Gasteiger partial charge is 0.0888 e. The van der Waals surface area contributed by atoms with Crippen LogP contribution in [0.3, 0.4) is 0 Å². The number of aromatic nitrogens is 2. The lowest BCUT2D eigenvalue weighted by atomic mass is 10.1. The predicted molar refractivity (Wildman–Crippen MR) is 120 cm³/mol. The zero-order valence-corrected chi connectivity index (χ0v) is 16.6. The van der Waals surface area contributed by atoms with Crippen molar-refractivity contribution in [2.45, 2.75) is 20.0 Å². The molecule has 0 spiro atoms. The zero-order chi connectivity index (χ0) is 19.9. The maximum absolute atomic E-state index is 5.43. The molecule has 0 amide bonds. The molecule has 5 nitrogen and oxygen atoms in total. The van der Waals surface area contributed by atoms with E-state index in [-0.39, 0.29) is 0 Å². The molecule has 5 heteroatoms. The SMILES string of the molecule is CCOCc1cc(Nc2ccc(NCCc3c[nH]c4ccccc34)cc2)ccn1. The fourth-order valence-corrected chi connectivity index (χ4v) is 3.36. The van der Waals surface area contributed by atoms with Crippen molar-refractivity contribution in [2.75, 3.05) is 23.8 Å². The lowest BCUT2D eigenvalue weighted by molar-refractivity contribution is 0.131. The number of ether oxygens (including phenoxy) is 1. The summed E-state index contributed by atoms with van der Waals surface area (Å²) >= 11 is 0. The number of anilines is 3. The Labute approximate surface area is 171 Å². The van der Waals surface area contributed by atoms with Crippen LogP contribution in [0.5, 0.6) is 0 Å². The number of rotatable bonds is 9. The van der Waals surface area contributed by atoms with E-state index in [4.69, 9.17) is 4.74 Å². The Morgan fingerprint density at radius 1 is 0.966 bits per heavy atom. The Bertz CT molecular complexity index is 1060. The van der Waals surface area contributed by atoms with Crippen LogP contribution in [0.25, 0.3) is 10.9 Å². The molecule has 0 aliphatic heterocycles. The van der Waals surface area contributed by atoms with Crippen LogP contribution >= 0.6 is 0 Å². The second-order valence-electron chi connectivity index (χ2n) is 6.91. The third-order valence-electron chi connectivity index (χ3n) is 4.84. The minimum atomic E-state index is 0.533. The maximum Gasteiger partial charge on any atom is 0.0888 e. The van der Waals surface area contributed by atoms with E-state index >= 15 is 0 Å². The highest BCUT2D eigenvalue weighted by atomic mass is 16.5. The standard InChI is InChI=1S/C24H26N4O/c1-2-29-17-22-15-21(12-14-26-22)28-20-9-7-19(8-10-20)25-13-11-18-16-27-24-6-4-3-5-23(18)24/h3-10,12,14-16,25,27H,2,11,13,17H2,1H3,(H,26,28). The largest absolute Gasteiger partial charge is 0.385 e. The number of nitrogens with one attached hydrogen (secondary N) is 3. The topological polar surface area (TPSA) is 62.0 Å². The Morgan fingerprint density at radius 3 is 2.66 bits per heavy atom. The molecule has 0 bridgehead atoms. The summed E-state index contributed by atoms with van der Waals surface area (Å²) in [4.78, 5) is 7.66. The minimum absolute atomic E-state index is 0.533. The van der Waals surface area contributed by atoms with Crippen molar-refractivity contribution in [3.05, 3.63) is 84.3 Å². The van der Waals surface area contributed by atoms with Gasteiger partial charge in [-0.15, -0.1) is 0 Å². The predicted octanol–water partition coefficient (Wildman–Crippen LogP) is 5.50. The highest BCUT2D eigenvalue weighted by molar-refractivity contribution is 5.83. The van der Waals surface area contributed by atoms with Gasteiger partial charge in [-0.2, -0.15) is 0 Å². The molecule has 2 heterocycles. The van der Waals surface area contributed by atoms with Gasteiger partial charge in [0.25, 0.3) is 0 Å². The van der Waals surface area contributed by atoms with Gasteiger partial charge in [0.2, 0.25) is 0 Å². The summed E-state index contributed by atoms with van der Waals surface area (Å²) in [6.45, 7) is 4.09. The van der Waals surface area contributed by atoms with E-state index in [1.807, 2.05) is 19.1 Å². The van der Waals surface area contributed by atoms with Crippen molar-refractivity contribution in [1.29, 1.82) is 0 Å². The summed E-state index contributed by atoms with van der Waals surface area (Å²) in [5.74, 6) is 0. The molecule has 0 fully saturated rings. The van der Waals surface area contributed by atoms with Gasteiger partial charge in [0, 0.05) is 53.5 Å². The molecule has 0 radical (unpaired) electrons. The first kappa shape index (κ1) is 19.0. The average Bonchev–Trinajstić information content (AvgIpc) is 3.17. The van der Waals surface area contributed by atoms with Crippen LogP contribution in [0.2, 0.25) is 0 Å². The summed E-state index contributed by atoms with van der Waals surface area (Å²) in [6, 6.07) is 20.8. The summed E-state index contributed by atoms with van der Waals surface area (Å²) in [6.07, 6.45) is 4.88. The van der Waals surface area contributed by atoms with Crippen LogP contribution in [0.1, 0.15) is 18.2 Å². The molecule has 29 heavy (non-hydrogen) atoms. The van der Waals surface area contributed by atoms with E-state index in [1.54, 1.807) is 6.20 Å². The molecule has 148 valence electrons. The molecule has 0 unspecified atom stereocenters. The van der Waals surface area contributed by atoms with E-state index in [2.05, 4.69) is 75.3 Å². The summed E-state index contributed by atoms with van der Waals surface area (Å²) in [5.41, 5.74) is 6.62. The Morgan fingerprint density at radius 2 is 1.79 bits per heavy atom. The molecule has 4 aromatic rings. The van der Waals surface area contributed by atoms with E-state index in [1.165, 1.54) is 16.5 Å². The number of hydrogen-bond donors (Lipinski definition) is 3. The molecule has 2 aromatic heterocycles. The average molecular weight is 386 g/mol. The van der Waals surface area contributed by atoms with Gasteiger partial charge in [-0.1, -0.05) is 18.2 Å². The number of nitrogens with zero attached hydrogens (tertiary/aromatic N) is 1. The van der Waals surface area contributed by atoms with Gasteiger partial charge < -0.3 is 20.4 Å². The number of fused-ring (bicyclic) bond motifs is 1. The lowest BCUT2D eigenvalue weighted by Crippen LogP contribution is -2.04. The van der Waals surface area contributed by atoms with Crippen LogP contribution in [-0.2, 0) is 17.8 Å². The summed E-state index contributed by atoms with van der Waals surface area (Å²) in [7, 11) is 0. The second-order valence-corrected chi connectivity index (χ2v) is 6.91. The van der Waals surface area contributed by atoms with Crippen molar-refractivity contribution < 1.29 is 4.74 Å². The molecule has 0 aliphatic carbocycles. The van der Waals surface area contributed by atoms with E-state index < -0.39 is 0 Å². The normalized spacial score (nSPS) is 10.9. The van der Waals surface area contributed by atoms with Crippen molar-refractivity contribution >= 4 is 28.0 Å². The van der Waals surface area contributed by atoms with E-state index in [0.29, 0.717) is 13.2 Å². The van der Waals surface area contributed by atoms with Crippen molar-refractivity contribution in [3.63, 3.8) is 0 Å². The van der Waals surface area contributed by atoms with Gasteiger partial charge >= 0.3 is 0 Å². The van der Waals surface area contributed by atoms with Gasteiger partial charge in [0.15, 0.2) is 0 Å². The lowest BCUT2D eigenvalue weighted by Gasteiger charge is -2.10. The Hall–Kier alpha value is -3.31. The number of benzene rings is 2. The molecule has 0 saturated carbocycles. The third-order valence-corrected chi connectivity index (χ3v) is 4.84. The molecule has 0 atom stereocenters. The summed E-state index contributed by atoms with van der Waals surface area (Å²) in [5, 5.41) is 8.22. The fraction of sp³-hybridized carbons (Fsp3) is 0.208. The molecular weight excluding hydrogens is 360 g/mol. The molecule has 0 saturated heterocycles. The Balaban J connectivity index is 1.31. The zero-order valence-electron chi connectivity index (χ0n) is 16.6. The van der Waals surface area contributed by atoms with Gasteiger partial charge in [-0.05, 0) is 61.4 Å².